The molecule has 1 unspecified atom stereocenters. The fraction of sp³-hybridized carbons (Fsp3) is 0.259. The molecule has 8 nitrogen and oxygen atoms in total. The second-order valence-electron chi connectivity index (χ2n) is 9.87. The predicted molar refractivity (Wildman–Crippen MR) is 134 cm³/mol. The van der Waals surface area contributed by atoms with E-state index >= 15 is 0 Å². The lowest BCUT2D eigenvalue weighted by Gasteiger charge is -2.48. The summed E-state index contributed by atoms with van der Waals surface area (Å²) in [4.78, 5) is 3.82. The Morgan fingerprint density at radius 3 is 2.45 bits per heavy atom. The first-order valence-electron chi connectivity index (χ1n) is 12.3. The molecule has 2 aromatic carbocycles. The average Bonchev–Trinajstić information content (AvgIpc) is 3.61. The summed E-state index contributed by atoms with van der Waals surface area (Å²) >= 11 is 0. The molecule has 3 heterocycles. The second kappa shape index (κ2) is 9.39. The Balaban J connectivity index is 1.40. The van der Waals surface area contributed by atoms with Gasteiger partial charge in [-0.1, -0.05) is 5.57 Å². The molecule has 0 spiro atoms. The van der Waals surface area contributed by atoms with Crippen LogP contribution in [0.1, 0.15) is 35.0 Å². The molecule has 0 bridgehead atoms. The molecular formula is C27H22F4N4O4S. The third-order valence-corrected chi connectivity index (χ3v) is 9.44. The lowest BCUT2D eigenvalue weighted by atomic mass is 9.65. The molecule has 1 aliphatic carbocycles. The maximum atomic E-state index is 13.6. The summed E-state index contributed by atoms with van der Waals surface area (Å²) in [6.45, 7) is -0.111. The van der Waals surface area contributed by atoms with E-state index in [-0.39, 0.29) is 42.3 Å². The molecule has 1 saturated heterocycles. The maximum absolute atomic E-state index is 13.6. The Bertz CT molecular complexity index is 1680. The highest BCUT2D eigenvalue weighted by Crippen LogP contribution is 2.52. The number of aliphatic hydroxyl groups excluding tert-OH is 1. The molecule has 2 atom stereocenters. The van der Waals surface area contributed by atoms with E-state index in [2.05, 4.69) is 10.1 Å². The summed E-state index contributed by atoms with van der Waals surface area (Å²) in [6, 6.07) is 9.17. The van der Waals surface area contributed by atoms with Gasteiger partial charge in [0.05, 0.1) is 28.0 Å². The highest BCUT2D eigenvalue weighted by molar-refractivity contribution is 7.89. The molecule has 6 rings (SSSR count). The van der Waals surface area contributed by atoms with Gasteiger partial charge in [0, 0.05) is 18.5 Å². The highest BCUT2D eigenvalue weighted by atomic mass is 32.2. The number of halogens is 4. The van der Waals surface area contributed by atoms with Crippen LogP contribution < -0.4 is 0 Å². The second-order valence-corrected chi connectivity index (χ2v) is 11.8. The minimum Gasteiger partial charge on any atom is -0.451 e. The van der Waals surface area contributed by atoms with Crippen LogP contribution in [0.15, 0.2) is 82.3 Å². The van der Waals surface area contributed by atoms with Crippen LogP contribution in [0.2, 0.25) is 0 Å². The van der Waals surface area contributed by atoms with Gasteiger partial charge in [0.15, 0.2) is 6.39 Å². The number of piperidine rings is 1. The van der Waals surface area contributed by atoms with Crippen LogP contribution in [0.5, 0.6) is 0 Å². The van der Waals surface area contributed by atoms with Crippen LogP contribution in [0.25, 0.3) is 11.8 Å². The maximum Gasteiger partial charge on any atom is 0.416 e. The monoisotopic (exact) mass is 574 g/mol. The van der Waals surface area contributed by atoms with Gasteiger partial charge in [-0.2, -0.15) is 22.6 Å². The number of hydrogen-bond donors (Lipinski definition) is 1. The molecule has 208 valence electrons. The molecule has 4 aromatic rings. The summed E-state index contributed by atoms with van der Waals surface area (Å²) in [5.74, 6) is -0.389. The fourth-order valence-electron chi connectivity index (χ4n) is 5.52. The van der Waals surface area contributed by atoms with Crippen molar-refractivity contribution in [2.45, 2.75) is 30.0 Å². The van der Waals surface area contributed by atoms with Crippen LogP contribution >= 0.6 is 0 Å². The smallest absolute Gasteiger partial charge is 0.416 e. The first-order valence-corrected chi connectivity index (χ1v) is 13.7. The van der Waals surface area contributed by atoms with Crippen LogP contribution in [0.4, 0.5) is 17.6 Å². The highest BCUT2D eigenvalue weighted by Gasteiger charge is 2.51. The number of sulfonamides is 1. The standard InChI is InChI=1S/C27H22F4N4O4S/c28-20-3-5-21(6-4-20)35-24-11-19-9-10-34(40(37,38)22-7-1-18(2-8-22)27(29,30)31)15-26(19,12-17(24)13-33-35)25(36)23-14-39-16-32-23/h1-8,11,13-14,16,25,36H,9-10,12,15H2/t25?,26-/m0/s1. The van der Waals surface area contributed by atoms with Crippen LogP contribution in [0.3, 0.4) is 0 Å². The van der Waals surface area contributed by atoms with Gasteiger partial charge >= 0.3 is 6.18 Å². The van der Waals surface area contributed by atoms with E-state index in [9.17, 15) is 31.1 Å². The zero-order chi connectivity index (χ0) is 28.3. The zero-order valence-electron chi connectivity index (χ0n) is 20.7. The van der Waals surface area contributed by atoms with Gasteiger partial charge in [-0.15, -0.1) is 0 Å². The summed E-state index contributed by atoms with van der Waals surface area (Å²) in [7, 11) is -4.21. The molecule has 1 aliphatic heterocycles. The quantitative estimate of drug-likeness (QED) is 0.345. The van der Waals surface area contributed by atoms with Crippen molar-refractivity contribution >= 4 is 16.1 Å². The van der Waals surface area contributed by atoms with Crippen molar-refractivity contribution in [2.75, 3.05) is 13.1 Å². The summed E-state index contributed by atoms with van der Waals surface area (Å²) in [6.07, 6.45) is 0.511. The van der Waals surface area contributed by atoms with Gasteiger partial charge in [-0.05, 0) is 73.0 Å². The van der Waals surface area contributed by atoms with E-state index in [1.54, 1.807) is 23.0 Å². The topological polar surface area (TPSA) is 101 Å². The number of hydrogen-bond acceptors (Lipinski definition) is 6. The van der Waals surface area contributed by atoms with Crippen molar-refractivity contribution in [3.63, 3.8) is 0 Å². The minimum absolute atomic E-state index is 0.0441. The van der Waals surface area contributed by atoms with Gasteiger partial charge in [0.2, 0.25) is 10.0 Å². The number of benzene rings is 2. The molecule has 1 fully saturated rings. The van der Waals surface area contributed by atoms with Gasteiger partial charge in [0.1, 0.15) is 23.9 Å². The molecule has 0 amide bonds. The Hall–Kier alpha value is -3.81. The Kier molecular flexibility index (Phi) is 6.20. The van der Waals surface area contributed by atoms with E-state index in [0.29, 0.717) is 5.69 Å². The molecule has 2 aliphatic rings. The lowest BCUT2D eigenvalue weighted by Crippen LogP contribution is -2.52. The zero-order valence-corrected chi connectivity index (χ0v) is 21.5. The number of oxazole rings is 1. The molecule has 13 heteroatoms. The van der Waals surface area contributed by atoms with Gasteiger partial charge in [0.25, 0.3) is 0 Å². The number of nitrogens with zero attached hydrogens (tertiary/aromatic N) is 4. The van der Waals surface area contributed by atoms with Crippen molar-refractivity contribution in [1.29, 1.82) is 0 Å². The largest absolute Gasteiger partial charge is 0.451 e. The molecule has 2 aromatic heterocycles. The third-order valence-electron chi connectivity index (χ3n) is 7.58. The molecule has 1 N–H and O–H groups in total. The van der Waals surface area contributed by atoms with Crippen molar-refractivity contribution in [1.82, 2.24) is 19.1 Å². The average molecular weight is 575 g/mol. The lowest BCUT2D eigenvalue weighted by molar-refractivity contribution is -0.137. The third kappa shape index (κ3) is 4.34. The van der Waals surface area contributed by atoms with Gasteiger partial charge < -0.3 is 9.52 Å². The molecule has 0 radical (unpaired) electrons. The van der Waals surface area contributed by atoms with Crippen molar-refractivity contribution < 1.29 is 35.5 Å². The number of alkyl halides is 3. The van der Waals surface area contributed by atoms with E-state index in [1.807, 2.05) is 6.08 Å². The van der Waals surface area contributed by atoms with Gasteiger partial charge in [-0.25, -0.2) is 22.5 Å². The molecule has 40 heavy (non-hydrogen) atoms. The van der Waals surface area contributed by atoms with Crippen LogP contribution in [-0.4, -0.2) is 45.7 Å². The normalized spacial score (nSPS) is 20.5. The Morgan fingerprint density at radius 1 is 1.07 bits per heavy atom. The molecular weight excluding hydrogens is 552 g/mol. The predicted octanol–water partition coefficient (Wildman–Crippen LogP) is 4.77. The first kappa shape index (κ1) is 26.4. The molecule has 0 saturated carbocycles. The first-order chi connectivity index (χ1) is 19.0. The van der Waals surface area contributed by atoms with Crippen LogP contribution in [-0.2, 0) is 22.6 Å². The van der Waals surface area contributed by atoms with E-state index in [0.717, 1.165) is 41.1 Å². The van der Waals surface area contributed by atoms with Crippen molar-refractivity contribution in [3.8, 4) is 5.69 Å². The van der Waals surface area contributed by atoms with Crippen molar-refractivity contribution in [3.05, 3.63) is 101 Å². The Labute approximate surface area is 226 Å². The minimum atomic E-state index is -4.60. The number of fused-ring (bicyclic) bond motifs is 2. The van der Waals surface area contributed by atoms with E-state index < -0.39 is 33.3 Å². The van der Waals surface area contributed by atoms with Crippen molar-refractivity contribution in [2.24, 2.45) is 5.41 Å². The summed E-state index contributed by atoms with van der Waals surface area (Å²) in [5.41, 5.74) is 0.954. The van der Waals surface area contributed by atoms with E-state index in [1.165, 1.54) is 29.1 Å². The number of rotatable bonds is 5. The number of aromatic nitrogens is 3. The summed E-state index contributed by atoms with van der Waals surface area (Å²) < 4.78 is 87.8. The number of aliphatic hydroxyl groups is 1. The fourth-order valence-corrected chi connectivity index (χ4v) is 7.03. The SMILES string of the molecule is O=S(=O)(c1ccc(C(F)(F)F)cc1)N1CCC2=Cc3c(cnn3-c3ccc(F)cc3)C[C@]2(C(O)c2cocn2)C1. The summed E-state index contributed by atoms with van der Waals surface area (Å²) in [5, 5.41) is 16.1. The van der Waals surface area contributed by atoms with Gasteiger partial charge in [-0.3, -0.25) is 0 Å². The Morgan fingerprint density at radius 2 is 1.80 bits per heavy atom. The van der Waals surface area contributed by atoms with Crippen LogP contribution in [0, 0.1) is 11.2 Å². The van der Waals surface area contributed by atoms with E-state index in [4.69, 9.17) is 4.42 Å².